The van der Waals surface area contributed by atoms with Gasteiger partial charge in [0.2, 0.25) is 0 Å². The van der Waals surface area contributed by atoms with Crippen LogP contribution in [0.4, 0.5) is 10.1 Å². The molecule has 5 heterocycles. The third-order valence-electron chi connectivity index (χ3n) is 7.53. The minimum Gasteiger partial charge on any atom is -0.368 e. The zero-order valence-corrected chi connectivity index (χ0v) is 22.1. The van der Waals surface area contributed by atoms with Crippen LogP contribution in [0.15, 0.2) is 61.2 Å². The van der Waals surface area contributed by atoms with Gasteiger partial charge in [0.1, 0.15) is 12.4 Å². The molecule has 0 N–H and O–H groups in total. The van der Waals surface area contributed by atoms with Crippen LogP contribution in [0, 0.1) is 11.3 Å². The number of hydrogen-bond acceptors (Lipinski definition) is 7. The third-order valence-corrected chi connectivity index (χ3v) is 7.53. The summed E-state index contributed by atoms with van der Waals surface area (Å²) in [6.07, 6.45) is 5.34. The lowest BCUT2D eigenvalue weighted by Crippen LogP contribution is -2.42. The van der Waals surface area contributed by atoms with Gasteiger partial charge in [0.15, 0.2) is 11.5 Å². The second-order valence-electron chi connectivity index (χ2n) is 10.3. The molecule has 0 bridgehead atoms. The minimum absolute atomic E-state index is 0.230. The number of fused-ring (bicyclic) bond motifs is 1. The van der Waals surface area contributed by atoms with Crippen LogP contribution in [0.5, 0.6) is 0 Å². The summed E-state index contributed by atoms with van der Waals surface area (Å²) in [5.74, 6) is 0.686. The van der Waals surface area contributed by atoms with Gasteiger partial charge in [-0.25, -0.2) is 4.39 Å². The average molecular weight is 522 g/mol. The molecule has 0 saturated carbocycles. The first-order valence-corrected chi connectivity index (χ1v) is 13.0. The van der Waals surface area contributed by atoms with Crippen LogP contribution in [0.1, 0.15) is 49.6 Å². The Balaban J connectivity index is 1.38. The van der Waals surface area contributed by atoms with Crippen LogP contribution in [-0.2, 0) is 12.7 Å². The first-order valence-electron chi connectivity index (χ1n) is 13.0. The zero-order chi connectivity index (χ0) is 27.1. The van der Waals surface area contributed by atoms with Crippen molar-refractivity contribution in [3.63, 3.8) is 0 Å². The third kappa shape index (κ3) is 4.20. The van der Waals surface area contributed by atoms with Crippen molar-refractivity contribution in [1.29, 1.82) is 5.26 Å². The predicted molar refractivity (Wildman–Crippen MR) is 146 cm³/mol. The molecule has 1 fully saturated rings. The molecular formula is C29H28FN9. The molecule has 5 aromatic rings. The number of rotatable bonds is 5. The molecule has 0 radical (unpaired) electrons. The highest BCUT2D eigenvalue weighted by atomic mass is 19.1. The molecule has 1 aromatic carbocycles. The Morgan fingerprint density at radius 1 is 1.05 bits per heavy atom. The quantitative estimate of drug-likeness (QED) is 0.319. The normalized spacial score (nSPS) is 15.1. The van der Waals surface area contributed by atoms with Crippen LogP contribution >= 0.6 is 0 Å². The molecule has 0 aliphatic carbocycles. The second kappa shape index (κ2) is 9.58. The Kier molecular flexibility index (Phi) is 6.06. The molecule has 0 spiro atoms. The van der Waals surface area contributed by atoms with E-state index in [-0.39, 0.29) is 12.8 Å². The van der Waals surface area contributed by atoms with E-state index in [0.717, 1.165) is 22.3 Å². The van der Waals surface area contributed by atoms with E-state index in [4.69, 9.17) is 5.10 Å². The molecule has 196 valence electrons. The predicted octanol–water partition coefficient (Wildman–Crippen LogP) is 5.05. The molecule has 0 atom stereocenters. The van der Waals surface area contributed by atoms with Gasteiger partial charge in [-0.1, -0.05) is 38.1 Å². The van der Waals surface area contributed by atoms with Gasteiger partial charge in [-0.05, 0) is 29.7 Å². The maximum absolute atomic E-state index is 15.9. The van der Waals surface area contributed by atoms with Crippen molar-refractivity contribution < 1.29 is 4.39 Å². The van der Waals surface area contributed by atoms with Crippen LogP contribution in [0.3, 0.4) is 0 Å². The van der Waals surface area contributed by atoms with Crippen molar-refractivity contribution in [2.45, 2.75) is 38.3 Å². The number of hydrogen-bond donors (Lipinski definition) is 0. The summed E-state index contributed by atoms with van der Waals surface area (Å²) in [6, 6.07) is 16.2. The molecule has 1 aliphatic heterocycles. The Hall–Kier alpha value is -4.65. The topological polar surface area (TPSA) is 101 Å². The summed E-state index contributed by atoms with van der Waals surface area (Å²) in [6.45, 7) is 5.15. The van der Waals surface area contributed by atoms with Crippen molar-refractivity contribution in [2.24, 2.45) is 7.05 Å². The summed E-state index contributed by atoms with van der Waals surface area (Å²) in [4.78, 5) is 6.72. The average Bonchev–Trinajstić information content (AvgIpc) is 3.59. The molecular weight excluding hydrogens is 493 g/mol. The Morgan fingerprint density at radius 2 is 1.85 bits per heavy atom. The Morgan fingerprint density at radius 3 is 2.56 bits per heavy atom. The molecule has 1 saturated heterocycles. The van der Waals surface area contributed by atoms with Crippen molar-refractivity contribution in [1.82, 2.24) is 34.6 Å². The van der Waals surface area contributed by atoms with E-state index in [0.29, 0.717) is 41.8 Å². The number of pyridine rings is 1. The van der Waals surface area contributed by atoms with Crippen molar-refractivity contribution >= 4 is 11.2 Å². The van der Waals surface area contributed by atoms with Gasteiger partial charge in [-0.2, -0.15) is 15.0 Å². The van der Waals surface area contributed by atoms with Gasteiger partial charge in [0.05, 0.1) is 39.9 Å². The molecule has 0 unspecified atom stereocenters. The second-order valence-corrected chi connectivity index (χ2v) is 10.3. The summed E-state index contributed by atoms with van der Waals surface area (Å²) in [5, 5.41) is 27.2. The van der Waals surface area contributed by atoms with E-state index in [1.807, 2.05) is 29.2 Å². The minimum atomic E-state index is -1.58. The summed E-state index contributed by atoms with van der Waals surface area (Å²) < 4.78 is 19.1. The lowest BCUT2D eigenvalue weighted by Gasteiger charge is -2.37. The summed E-state index contributed by atoms with van der Waals surface area (Å²) in [5.41, 5.74) is 4.90. The first-order chi connectivity index (χ1) is 18.9. The smallest absolute Gasteiger partial charge is 0.173 e. The van der Waals surface area contributed by atoms with Crippen molar-refractivity contribution in [3.8, 4) is 28.6 Å². The molecule has 39 heavy (non-hydrogen) atoms. The number of halogens is 1. The van der Waals surface area contributed by atoms with Crippen molar-refractivity contribution in [2.75, 3.05) is 18.0 Å². The number of piperidine rings is 1. The molecule has 0 amide bonds. The van der Waals surface area contributed by atoms with Gasteiger partial charge in [-0.15, -0.1) is 15.3 Å². The molecule has 9 nitrogen and oxygen atoms in total. The monoisotopic (exact) mass is 521 g/mol. The van der Waals surface area contributed by atoms with Gasteiger partial charge >= 0.3 is 0 Å². The largest absolute Gasteiger partial charge is 0.368 e. The van der Waals surface area contributed by atoms with E-state index >= 15 is 4.39 Å². The van der Waals surface area contributed by atoms with E-state index in [1.54, 1.807) is 34.7 Å². The van der Waals surface area contributed by atoms with Gasteiger partial charge < -0.3 is 9.47 Å². The fourth-order valence-electron chi connectivity index (χ4n) is 5.50. The molecule has 6 rings (SSSR count). The Labute approximate surface area is 225 Å². The highest BCUT2D eigenvalue weighted by Gasteiger charge is 2.41. The Bertz CT molecular complexity index is 1700. The van der Waals surface area contributed by atoms with Gasteiger partial charge in [-0.3, -0.25) is 4.98 Å². The number of nitrogens with zero attached hydrogens (tertiary/aromatic N) is 9. The van der Waals surface area contributed by atoms with E-state index in [1.165, 1.54) is 11.9 Å². The summed E-state index contributed by atoms with van der Waals surface area (Å²) in [7, 11) is 1.75. The number of alkyl halides is 1. The molecule has 10 heteroatoms. The standard InChI is InChI=1S/C29H28FN9/c1-19(2)21-6-4-5-7-22(21)24-8-9-25-23(17-34-39(25)36-24)26-27(20(16-31)10-13-32-26)38-14-11-29(30,12-15-38)28-35-33-18-37(28)3/h4-10,13,17-19H,11-12,14-15H2,1-3H3. The highest BCUT2D eigenvalue weighted by Crippen LogP contribution is 2.41. The van der Waals surface area contributed by atoms with E-state index < -0.39 is 5.67 Å². The van der Waals surface area contributed by atoms with Crippen LogP contribution in [-0.4, -0.2) is 47.7 Å². The number of aromatic nitrogens is 7. The zero-order valence-electron chi connectivity index (χ0n) is 22.1. The lowest BCUT2D eigenvalue weighted by atomic mass is 9.91. The van der Waals surface area contributed by atoms with Gasteiger partial charge in [0, 0.05) is 44.7 Å². The van der Waals surface area contributed by atoms with Crippen LogP contribution in [0.2, 0.25) is 0 Å². The lowest BCUT2D eigenvalue weighted by molar-refractivity contribution is 0.109. The number of aryl methyl sites for hydroxylation is 1. The van der Waals surface area contributed by atoms with Gasteiger partial charge in [0.25, 0.3) is 0 Å². The SMILES string of the molecule is CC(C)c1ccccc1-c1ccc2c(-c3nccc(C#N)c3N3CCC(F)(c4nncn4C)CC3)cnn2n1. The van der Waals surface area contributed by atoms with Crippen LogP contribution in [0.25, 0.3) is 28.0 Å². The molecule has 4 aromatic heterocycles. The summed E-state index contributed by atoms with van der Waals surface area (Å²) >= 11 is 0. The van der Waals surface area contributed by atoms with E-state index in [9.17, 15) is 5.26 Å². The maximum atomic E-state index is 15.9. The number of benzene rings is 1. The number of anilines is 1. The molecule has 1 aliphatic rings. The fourth-order valence-corrected chi connectivity index (χ4v) is 5.50. The highest BCUT2D eigenvalue weighted by molar-refractivity contribution is 5.88. The maximum Gasteiger partial charge on any atom is 0.173 e. The van der Waals surface area contributed by atoms with Crippen LogP contribution < -0.4 is 4.90 Å². The van der Waals surface area contributed by atoms with Crippen molar-refractivity contribution in [3.05, 3.63) is 78.1 Å². The fraction of sp³-hybridized carbons (Fsp3) is 0.310. The van der Waals surface area contributed by atoms with E-state index in [2.05, 4.69) is 52.3 Å². The first kappa shape index (κ1) is 24.7. The number of nitriles is 1.